The van der Waals surface area contributed by atoms with Crippen molar-refractivity contribution in [2.75, 3.05) is 7.11 Å². The van der Waals surface area contributed by atoms with E-state index in [1.807, 2.05) is 0 Å². The number of alkyl halides is 3. The Morgan fingerprint density at radius 2 is 2.03 bits per heavy atom. The van der Waals surface area contributed by atoms with Crippen LogP contribution in [0.3, 0.4) is 0 Å². The number of phenols is 1. The number of allylic oxidation sites excluding steroid dienone is 2. The first-order chi connectivity index (χ1) is 13.5. The number of hydrogen-bond acceptors (Lipinski definition) is 6. The minimum atomic E-state index is -4.65. The third-order valence-corrected chi connectivity index (χ3v) is 4.89. The van der Waals surface area contributed by atoms with E-state index in [0.717, 1.165) is 12.3 Å². The zero-order chi connectivity index (χ0) is 21.5. The number of carboxylic acid groups (broad SMARTS) is 1. The summed E-state index contributed by atoms with van der Waals surface area (Å²) in [6.07, 6.45) is -5.85. The van der Waals surface area contributed by atoms with Crippen LogP contribution in [-0.4, -0.2) is 46.6 Å². The van der Waals surface area contributed by atoms with Crippen molar-refractivity contribution in [1.29, 1.82) is 0 Å². The van der Waals surface area contributed by atoms with Crippen molar-refractivity contribution in [2.45, 2.75) is 25.4 Å². The van der Waals surface area contributed by atoms with Crippen molar-refractivity contribution in [3.63, 3.8) is 0 Å². The number of carbonyl (C=O) groups is 1. The summed E-state index contributed by atoms with van der Waals surface area (Å²) in [5, 5.41) is 18.5. The molecule has 0 fully saturated rings. The number of hydrogen-bond donors (Lipinski definition) is 2. The summed E-state index contributed by atoms with van der Waals surface area (Å²) < 4.78 is 49.9. The van der Waals surface area contributed by atoms with Gasteiger partial charge in [0.1, 0.15) is 0 Å². The molecule has 0 saturated carbocycles. The lowest BCUT2D eigenvalue weighted by molar-refractivity contribution is -0.0895. The monoisotopic (exact) mass is 432 g/mol. The van der Waals surface area contributed by atoms with Gasteiger partial charge in [-0.05, 0) is 23.8 Å². The normalized spacial score (nSPS) is 24.1. The van der Waals surface area contributed by atoms with Crippen molar-refractivity contribution in [3.8, 4) is 11.5 Å². The molecule has 3 unspecified atom stereocenters. The highest BCUT2D eigenvalue weighted by Gasteiger charge is 2.44. The zero-order valence-electron chi connectivity index (χ0n) is 15.1. The fraction of sp³-hybridized carbons (Fsp3) is 0.333. The van der Waals surface area contributed by atoms with Gasteiger partial charge in [0.2, 0.25) is 6.23 Å². The molecule has 1 aromatic carbocycles. The van der Waals surface area contributed by atoms with E-state index in [0.29, 0.717) is 5.56 Å². The van der Waals surface area contributed by atoms with Gasteiger partial charge in [0.25, 0.3) is 0 Å². The zero-order valence-corrected chi connectivity index (χ0v) is 15.9. The molecule has 11 heteroatoms. The maximum atomic E-state index is 13.3. The van der Waals surface area contributed by atoms with Crippen LogP contribution in [0.4, 0.5) is 18.0 Å². The molecule has 29 heavy (non-hydrogen) atoms. The van der Waals surface area contributed by atoms with Gasteiger partial charge in [-0.2, -0.15) is 13.2 Å². The molecule has 156 valence electrons. The average molecular weight is 433 g/mol. The Kier molecular flexibility index (Phi) is 5.40. The maximum absolute atomic E-state index is 13.3. The molecule has 2 N–H and O–H groups in total. The highest BCUT2D eigenvalue weighted by atomic mass is 35.5. The van der Waals surface area contributed by atoms with Crippen LogP contribution in [0.25, 0.3) is 0 Å². The number of nitrogens with zero attached hydrogens (tertiary/aromatic N) is 2. The lowest BCUT2D eigenvalue weighted by Crippen LogP contribution is -2.46. The fourth-order valence-electron chi connectivity index (χ4n) is 3.29. The van der Waals surface area contributed by atoms with Crippen molar-refractivity contribution in [2.24, 2.45) is 10.9 Å². The van der Waals surface area contributed by atoms with E-state index >= 15 is 0 Å². The second-order valence-corrected chi connectivity index (χ2v) is 6.85. The van der Waals surface area contributed by atoms with E-state index in [4.69, 9.17) is 26.2 Å². The van der Waals surface area contributed by atoms with Gasteiger partial charge in [-0.3, -0.25) is 0 Å². The fourth-order valence-corrected chi connectivity index (χ4v) is 3.56. The van der Waals surface area contributed by atoms with E-state index in [2.05, 4.69) is 4.99 Å². The summed E-state index contributed by atoms with van der Waals surface area (Å²) in [4.78, 5) is 16.4. The Balaban J connectivity index is 2.16. The third-order valence-electron chi connectivity index (χ3n) is 4.61. The summed E-state index contributed by atoms with van der Waals surface area (Å²) in [6, 6.07) is 3.44. The third kappa shape index (κ3) is 3.98. The predicted molar refractivity (Wildman–Crippen MR) is 96.8 cm³/mol. The number of aliphatic imine (C=N–C) groups is 1. The molecule has 0 saturated heterocycles. The molecule has 2 aliphatic heterocycles. The molecular weight excluding hydrogens is 417 g/mol. The number of aromatic hydroxyl groups is 1. The lowest BCUT2D eigenvalue weighted by atomic mass is 9.88. The topological polar surface area (TPSA) is 91.6 Å². The van der Waals surface area contributed by atoms with Crippen molar-refractivity contribution >= 4 is 23.6 Å². The van der Waals surface area contributed by atoms with Crippen molar-refractivity contribution in [3.05, 3.63) is 46.6 Å². The first-order valence-corrected chi connectivity index (χ1v) is 8.70. The Morgan fingerprint density at radius 1 is 1.34 bits per heavy atom. The quantitative estimate of drug-likeness (QED) is 0.688. The minimum Gasteiger partial charge on any atom is -0.504 e. The molecule has 3 rings (SSSR count). The summed E-state index contributed by atoms with van der Waals surface area (Å²) in [7, 11) is 1.33. The second kappa shape index (κ2) is 7.51. The molecule has 2 aliphatic rings. The largest absolute Gasteiger partial charge is 0.507 e. The highest BCUT2D eigenvalue weighted by molar-refractivity contribution is 6.43. The first kappa shape index (κ1) is 20.8. The van der Waals surface area contributed by atoms with Crippen LogP contribution >= 0.6 is 11.6 Å². The number of rotatable bonds is 3. The molecule has 0 amide bonds. The van der Waals surface area contributed by atoms with Gasteiger partial charge < -0.3 is 24.6 Å². The first-order valence-electron chi connectivity index (χ1n) is 8.32. The summed E-state index contributed by atoms with van der Waals surface area (Å²) in [5.74, 6) is -0.804. The number of phenolic OH excluding ortho intramolecular Hbond substituents is 1. The summed E-state index contributed by atoms with van der Waals surface area (Å²) in [6.45, 7) is 1.59. The Bertz CT molecular complexity index is 929. The minimum absolute atomic E-state index is 0.0546. The van der Waals surface area contributed by atoms with Crippen LogP contribution in [-0.2, 0) is 4.74 Å². The number of fused-ring (bicyclic) bond motifs is 1. The average Bonchev–Trinajstić information content (AvgIpc) is 2.62. The summed E-state index contributed by atoms with van der Waals surface area (Å²) >= 11 is 6.06. The highest BCUT2D eigenvalue weighted by Crippen LogP contribution is 2.44. The molecule has 0 spiro atoms. The standard InChI is InChI=1S/C18H16ClF3N2O5/c1-8-14(9-3-4-12(25)13(5-9)28-2)24-7-10(18(20,21)22)6-11(19)15(24)23-16(8)29-17(26)27/h3-8,14,16,25H,1-2H3,(H,26,27). The van der Waals surface area contributed by atoms with Crippen molar-refractivity contribution in [1.82, 2.24) is 4.90 Å². The van der Waals surface area contributed by atoms with Gasteiger partial charge in [-0.15, -0.1) is 0 Å². The lowest BCUT2D eigenvalue weighted by Gasteiger charge is -2.43. The van der Waals surface area contributed by atoms with E-state index in [1.54, 1.807) is 6.92 Å². The molecule has 3 atom stereocenters. The molecule has 1 aromatic rings. The molecule has 0 radical (unpaired) electrons. The van der Waals surface area contributed by atoms with Crippen LogP contribution in [0.2, 0.25) is 0 Å². The van der Waals surface area contributed by atoms with Gasteiger partial charge in [0, 0.05) is 12.1 Å². The molecule has 2 heterocycles. The van der Waals surface area contributed by atoms with E-state index < -0.39 is 36.1 Å². The predicted octanol–water partition coefficient (Wildman–Crippen LogP) is 4.40. The number of halogens is 4. The van der Waals surface area contributed by atoms with Crippen molar-refractivity contribution < 1.29 is 37.7 Å². The van der Waals surface area contributed by atoms with Crippen LogP contribution in [0, 0.1) is 5.92 Å². The van der Waals surface area contributed by atoms with Gasteiger partial charge in [0.15, 0.2) is 17.3 Å². The van der Waals surface area contributed by atoms with Gasteiger partial charge >= 0.3 is 12.3 Å². The Hall–Kier alpha value is -2.88. The van der Waals surface area contributed by atoms with Crippen LogP contribution in [0.15, 0.2) is 46.1 Å². The molecular formula is C18H16ClF3N2O5. The van der Waals surface area contributed by atoms with Crippen LogP contribution < -0.4 is 4.74 Å². The SMILES string of the molecule is COc1cc(C2C(C)C(OC(=O)O)N=C3C(Cl)=CC(C(F)(F)F)=CN32)ccc1O. The number of benzene rings is 1. The Morgan fingerprint density at radius 3 is 2.62 bits per heavy atom. The Labute approximate surface area is 168 Å². The summed E-state index contributed by atoms with van der Waals surface area (Å²) in [5.41, 5.74) is -0.537. The van der Waals surface area contributed by atoms with Crippen LogP contribution in [0.1, 0.15) is 18.5 Å². The van der Waals surface area contributed by atoms with Crippen LogP contribution in [0.5, 0.6) is 11.5 Å². The smallest absolute Gasteiger partial charge is 0.504 e. The molecule has 0 bridgehead atoms. The molecule has 0 aliphatic carbocycles. The molecule has 7 nitrogen and oxygen atoms in total. The molecule has 0 aromatic heterocycles. The maximum Gasteiger partial charge on any atom is 0.507 e. The van der Waals surface area contributed by atoms with Gasteiger partial charge in [-0.1, -0.05) is 24.6 Å². The number of ether oxygens (including phenoxy) is 2. The second-order valence-electron chi connectivity index (χ2n) is 6.44. The van der Waals surface area contributed by atoms with Gasteiger partial charge in [-0.25, -0.2) is 9.79 Å². The number of methoxy groups -OCH3 is 1. The number of amidine groups is 1. The van der Waals surface area contributed by atoms with E-state index in [-0.39, 0.29) is 22.4 Å². The van der Waals surface area contributed by atoms with Gasteiger partial charge in [0.05, 0.1) is 23.8 Å². The van der Waals surface area contributed by atoms with E-state index in [9.17, 15) is 23.1 Å². The van der Waals surface area contributed by atoms with E-state index in [1.165, 1.54) is 30.2 Å².